The maximum absolute atomic E-state index is 13.0. The van der Waals surface area contributed by atoms with E-state index in [1.54, 1.807) is 24.3 Å². The summed E-state index contributed by atoms with van der Waals surface area (Å²) in [6.07, 6.45) is 1.55. The van der Waals surface area contributed by atoms with Crippen LogP contribution in [0.2, 0.25) is 0 Å². The van der Waals surface area contributed by atoms with Crippen LogP contribution in [0.1, 0.15) is 37.8 Å². The smallest absolute Gasteiger partial charge is 0.411 e. The van der Waals surface area contributed by atoms with Gasteiger partial charge in [-0.15, -0.1) is 46.4 Å². The zero-order valence-electron chi connectivity index (χ0n) is 22.4. The molecule has 0 fully saturated rings. The third-order valence-electron chi connectivity index (χ3n) is 5.96. The van der Waals surface area contributed by atoms with Crippen molar-refractivity contribution >= 4 is 93.8 Å². The van der Waals surface area contributed by atoms with Crippen LogP contribution < -0.4 is 9.05 Å². The van der Waals surface area contributed by atoms with Gasteiger partial charge in [0.25, 0.3) is 0 Å². The third kappa shape index (κ3) is 10.6. The van der Waals surface area contributed by atoms with Gasteiger partial charge < -0.3 is 9.05 Å². The van der Waals surface area contributed by atoms with Gasteiger partial charge in [0.1, 0.15) is 11.5 Å². The van der Waals surface area contributed by atoms with Crippen molar-refractivity contribution in [2.45, 2.75) is 26.7 Å². The van der Waals surface area contributed by atoms with Crippen LogP contribution in [-0.2, 0) is 9.13 Å². The zero-order valence-corrected chi connectivity index (χ0v) is 28.7. The molecule has 0 aliphatic carbocycles. The maximum Gasteiger partial charge on any atom is 0.411 e. The molecule has 0 amide bonds. The Morgan fingerprint density at radius 2 is 0.875 bits per heavy atom. The normalized spacial score (nSPS) is 15.4. The van der Waals surface area contributed by atoms with E-state index in [1.165, 1.54) is 9.34 Å². The van der Waals surface area contributed by atoms with Gasteiger partial charge in [0, 0.05) is 72.2 Å². The van der Waals surface area contributed by atoms with Crippen LogP contribution in [0.3, 0.4) is 0 Å². The van der Waals surface area contributed by atoms with Crippen molar-refractivity contribution < 1.29 is 18.2 Å². The minimum absolute atomic E-state index is 0.249. The summed E-state index contributed by atoms with van der Waals surface area (Å²) in [5, 5.41) is 0. The van der Waals surface area contributed by atoms with Crippen LogP contribution >= 0.6 is 82.6 Å². The maximum atomic E-state index is 13.0. The van der Waals surface area contributed by atoms with Crippen LogP contribution in [0.25, 0.3) is 11.1 Å². The summed E-state index contributed by atoms with van der Waals surface area (Å²) >= 11 is 35.8. The number of halogens is 6. The van der Waals surface area contributed by atoms with Gasteiger partial charge in [0.2, 0.25) is 0 Å². The molecule has 0 bridgehead atoms. The van der Waals surface area contributed by atoms with E-state index in [0.29, 0.717) is 37.7 Å². The molecule has 0 spiro atoms. The molecule has 0 unspecified atom stereocenters. The third-order valence-corrected chi connectivity index (χ3v) is 11.4. The summed E-state index contributed by atoms with van der Waals surface area (Å²) in [6.45, 7) is -1.94. The predicted molar refractivity (Wildman–Crippen MR) is 174 cm³/mol. The van der Waals surface area contributed by atoms with Crippen LogP contribution in [0.15, 0.2) is 48.5 Å². The molecule has 2 atom stereocenters. The summed E-state index contributed by atoms with van der Waals surface area (Å²) in [5.41, 5.74) is 4.28. The highest BCUT2D eigenvalue weighted by atomic mass is 35.7. The van der Waals surface area contributed by atoms with Gasteiger partial charge in [0.15, 0.2) is 0 Å². The lowest BCUT2D eigenvalue weighted by molar-refractivity contribution is 0.389. The number of hydrogen-bond donors (Lipinski definition) is 0. The largest absolute Gasteiger partial charge is 0.422 e. The molecule has 224 valence electrons. The molecule has 14 heteroatoms. The SMILES string of the molecule is CC/C(=C(/CC)c1ccc(O[P@@](=O)(Cl)N(CCCl)CCCl)cc1)c1ccc(O[P@](=O)(Cl)N(CCCl)CCCl)cc1. The van der Waals surface area contributed by atoms with Gasteiger partial charge in [-0.2, -0.15) is 0 Å². The summed E-state index contributed by atoms with van der Waals surface area (Å²) in [6, 6.07) is 14.6. The minimum atomic E-state index is -3.64. The lowest BCUT2D eigenvalue weighted by atomic mass is 9.91. The quantitative estimate of drug-likeness (QED) is 0.0871. The fraction of sp³-hybridized carbons (Fsp3) is 0.462. The lowest BCUT2D eigenvalue weighted by Crippen LogP contribution is -2.25. The fourth-order valence-corrected chi connectivity index (χ4v) is 9.11. The molecule has 2 aromatic carbocycles. The van der Waals surface area contributed by atoms with Crippen LogP contribution in [-0.4, -0.2) is 59.0 Å². The molecule has 0 radical (unpaired) electrons. The average molecular weight is 713 g/mol. The van der Waals surface area contributed by atoms with Crippen LogP contribution in [0, 0.1) is 0 Å². The first-order valence-electron chi connectivity index (χ1n) is 12.7. The Hall–Kier alpha value is -0.100. The molecule has 0 saturated heterocycles. The molecular formula is C26H34Cl6N2O4P2. The van der Waals surface area contributed by atoms with E-state index < -0.39 is 13.7 Å². The highest BCUT2D eigenvalue weighted by Gasteiger charge is 2.31. The zero-order chi connectivity index (χ0) is 29.8. The molecule has 0 saturated carbocycles. The van der Waals surface area contributed by atoms with Crippen molar-refractivity contribution in [1.29, 1.82) is 0 Å². The second kappa shape index (κ2) is 17.9. The van der Waals surface area contributed by atoms with E-state index in [2.05, 4.69) is 13.8 Å². The van der Waals surface area contributed by atoms with Gasteiger partial charge in [-0.25, -0.2) is 18.5 Å². The highest BCUT2D eigenvalue weighted by molar-refractivity contribution is 7.84. The first-order chi connectivity index (χ1) is 19.1. The Morgan fingerprint density at radius 1 is 0.600 bits per heavy atom. The van der Waals surface area contributed by atoms with Crippen LogP contribution in [0.5, 0.6) is 11.5 Å². The summed E-state index contributed by atoms with van der Waals surface area (Å²) in [7, 11) is 0. The van der Waals surface area contributed by atoms with Crippen LogP contribution in [0.4, 0.5) is 0 Å². The first kappa shape index (κ1) is 36.1. The molecule has 6 nitrogen and oxygen atoms in total. The van der Waals surface area contributed by atoms with Crippen molar-refractivity contribution in [3.63, 3.8) is 0 Å². The topological polar surface area (TPSA) is 59.1 Å². The highest BCUT2D eigenvalue weighted by Crippen LogP contribution is 2.56. The Balaban J connectivity index is 2.28. The molecule has 0 aromatic heterocycles. The van der Waals surface area contributed by atoms with E-state index in [4.69, 9.17) is 77.9 Å². The molecule has 0 N–H and O–H groups in total. The van der Waals surface area contributed by atoms with Gasteiger partial charge in [0.05, 0.1) is 0 Å². The molecule has 2 aromatic rings. The number of nitrogens with zero attached hydrogens (tertiary/aromatic N) is 2. The van der Waals surface area contributed by atoms with Crippen molar-refractivity contribution in [3.8, 4) is 11.5 Å². The second-order valence-corrected chi connectivity index (χ2v) is 15.8. The van der Waals surface area contributed by atoms with E-state index in [-0.39, 0.29) is 23.5 Å². The number of alkyl halides is 4. The second-order valence-electron chi connectivity index (χ2n) is 8.46. The first-order valence-corrected chi connectivity index (χ1v) is 19.8. The molecule has 0 aliphatic rings. The summed E-state index contributed by atoms with van der Waals surface area (Å²) < 4.78 is 40.2. The molecular weight excluding hydrogens is 679 g/mol. The Bertz CT molecular complexity index is 1080. The minimum Gasteiger partial charge on any atom is -0.422 e. The average Bonchev–Trinajstić information content (AvgIpc) is 2.92. The number of benzene rings is 2. The molecule has 2 rings (SSSR count). The Labute approximate surface area is 267 Å². The van der Waals surface area contributed by atoms with Crippen molar-refractivity contribution in [3.05, 3.63) is 59.7 Å². The lowest BCUT2D eigenvalue weighted by Gasteiger charge is -2.25. The fourth-order valence-electron chi connectivity index (χ4n) is 4.08. The molecule has 0 aliphatic heterocycles. The van der Waals surface area contributed by atoms with Crippen molar-refractivity contribution in [1.82, 2.24) is 9.34 Å². The standard InChI is InChI=1S/C26H34Cl6N2O4P2/c1-3-25(21-5-9-23(10-6-21)37-39(31,35)33(17-13-27)18-14-28)26(4-2)22-7-11-24(12-8-22)38-40(32,36)34(19-15-29)20-16-30/h5-12H,3-4,13-20H2,1-2H3/b26-25+/t39-,40+. The predicted octanol–water partition coefficient (Wildman–Crippen LogP) is 10.4. The summed E-state index contributed by atoms with van der Waals surface area (Å²) in [5.74, 6) is 1.76. The number of allylic oxidation sites excluding steroid dienone is 2. The number of hydrogen-bond acceptors (Lipinski definition) is 4. The van der Waals surface area contributed by atoms with E-state index in [1.807, 2.05) is 24.3 Å². The van der Waals surface area contributed by atoms with E-state index in [0.717, 1.165) is 35.1 Å². The van der Waals surface area contributed by atoms with Crippen molar-refractivity contribution in [2.24, 2.45) is 0 Å². The molecule has 0 heterocycles. The van der Waals surface area contributed by atoms with Gasteiger partial charge in [-0.05, 0) is 59.4 Å². The van der Waals surface area contributed by atoms with E-state index >= 15 is 0 Å². The van der Waals surface area contributed by atoms with Gasteiger partial charge >= 0.3 is 13.7 Å². The monoisotopic (exact) mass is 710 g/mol. The Kier molecular flexibility index (Phi) is 16.1. The molecule has 40 heavy (non-hydrogen) atoms. The van der Waals surface area contributed by atoms with Gasteiger partial charge in [-0.3, -0.25) is 0 Å². The van der Waals surface area contributed by atoms with Gasteiger partial charge in [-0.1, -0.05) is 38.1 Å². The van der Waals surface area contributed by atoms with E-state index in [9.17, 15) is 9.13 Å². The summed E-state index contributed by atoms with van der Waals surface area (Å²) in [4.78, 5) is 0. The van der Waals surface area contributed by atoms with Crippen molar-refractivity contribution in [2.75, 3.05) is 49.7 Å². The number of rotatable bonds is 18. The Morgan fingerprint density at radius 3 is 1.10 bits per heavy atom.